The second-order valence-electron chi connectivity index (χ2n) is 4.06. The average molecular weight is 302 g/mol. The number of oxime groups is 1. The van der Waals surface area contributed by atoms with Crippen molar-refractivity contribution in [2.45, 2.75) is 6.92 Å². The van der Waals surface area contributed by atoms with Crippen molar-refractivity contribution in [2.24, 2.45) is 10.9 Å². The van der Waals surface area contributed by atoms with Gasteiger partial charge in [0.1, 0.15) is 6.61 Å². The molecule has 1 rings (SSSR count). The highest BCUT2D eigenvalue weighted by atomic mass is 32.2. The molecule has 0 unspecified atom stereocenters. The van der Waals surface area contributed by atoms with Crippen LogP contribution in [-0.2, 0) is 9.84 Å². The molecule has 1 aromatic rings. The van der Waals surface area contributed by atoms with Crippen LogP contribution in [0.15, 0.2) is 23.4 Å². The lowest BCUT2D eigenvalue weighted by molar-refractivity contribution is 0.288. The number of rotatable bonds is 7. The number of nitrogens with zero attached hydrogens (tertiary/aromatic N) is 1. The first-order chi connectivity index (χ1) is 9.37. The number of amidine groups is 1. The fourth-order valence-corrected chi connectivity index (χ4v) is 1.80. The highest BCUT2D eigenvalue weighted by Crippen LogP contribution is 2.28. The van der Waals surface area contributed by atoms with Gasteiger partial charge in [-0.05, 0) is 25.1 Å². The van der Waals surface area contributed by atoms with Gasteiger partial charge < -0.3 is 20.4 Å². The topological polar surface area (TPSA) is 111 Å². The minimum absolute atomic E-state index is 0.0296. The van der Waals surface area contributed by atoms with E-state index in [-0.39, 0.29) is 18.2 Å². The third kappa shape index (κ3) is 4.96. The van der Waals surface area contributed by atoms with E-state index >= 15 is 0 Å². The zero-order valence-electron chi connectivity index (χ0n) is 11.4. The molecular weight excluding hydrogens is 284 g/mol. The molecule has 7 nitrogen and oxygen atoms in total. The summed E-state index contributed by atoms with van der Waals surface area (Å²) in [6.45, 7) is 2.24. The molecule has 1 aromatic carbocycles. The Kier molecular flexibility index (Phi) is 5.63. The largest absolute Gasteiger partial charge is 0.490 e. The predicted molar refractivity (Wildman–Crippen MR) is 75.3 cm³/mol. The molecule has 0 fully saturated rings. The molecule has 0 radical (unpaired) electrons. The fraction of sp³-hybridized carbons (Fsp3) is 0.417. The molecule has 0 aliphatic heterocycles. The Balaban J connectivity index is 2.90. The number of hydrogen-bond donors (Lipinski definition) is 2. The van der Waals surface area contributed by atoms with Crippen LogP contribution in [0.3, 0.4) is 0 Å². The maximum atomic E-state index is 11.0. The number of sulfone groups is 1. The Morgan fingerprint density at radius 1 is 1.35 bits per heavy atom. The van der Waals surface area contributed by atoms with E-state index in [1.54, 1.807) is 25.1 Å². The Labute approximate surface area is 117 Å². The molecule has 112 valence electrons. The maximum Gasteiger partial charge on any atom is 0.170 e. The van der Waals surface area contributed by atoms with Crippen LogP contribution in [0.2, 0.25) is 0 Å². The van der Waals surface area contributed by atoms with Crippen molar-refractivity contribution >= 4 is 15.7 Å². The molecule has 0 atom stereocenters. The number of benzene rings is 1. The van der Waals surface area contributed by atoms with Crippen LogP contribution in [0.4, 0.5) is 0 Å². The third-order valence-corrected chi connectivity index (χ3v) is 3.27. The van der Waals surface area contributed by atoms with Gasteiger partial charge in [-0.25, -0.2) is 8.42 Å². The second-order valence-corrected chi connectivity index (χ2v) is 6.32. The quantitative estimate of drug-likeness (QED) is 0.330. The Morgan fingerprint density at radius 2 is 2.05 bits per heavy atom. The lowest BCUT2D eigenvalue weighted by atomic mass is 10.2. The molecule has 0 aliphatic rings. The van der Waals surface area contributed by atoms with E-state index in [2.05, 4.69) is 5.16 Å². The fourth-order valence-electron chi connectivity index (χ4n) is 1.42. The van der Waals surface area contributed by atoms with Crippen LogP contribution >= 0.6 is 0 Å². The summed E-state index contributed by atoms with van der Waals surface area (Å²) >= 11 is 0. The SMILES string of the molecule is CCOc1cc(C(N)=NO)ccc1OCCS(C)(=O)=O. The first-order valence-corrected chi connectivity index (χ1v) is 7.98. The molecular formula is C12H18N2O5S. The molecule has 0 saturated heterocycles. The normalized spacial score (nSPS) is 12.2. The van der Waals surface area contributed by atoms with Gasteiger partial charge in [0.15, 0.2) is 27.2 Å². The molecule has 8 heteroatoms. The summed E-state index contributed by atoms with van der Waals surface area (Å²) in [7, 11) is -3.08. The minimum atomic E-state index is -3.08. The molecule has 0 amide bonds. The van der Waals surface area contributed by atoms with Crippen LogP contribution in [-0.4, -0.2) is 44.7 Å². The molecule has 0 aliphatic carbocycles. The van der Waals surface area contributed by atoms with Crippen LogP contribution < -0.4 is 15.2 Å². The van der Waals surface area contributed by atoms with Crippen molar-refractivity contribution in [2.75, 3.05) is 25.2 Å². The number of hydrogen-bond acceptors (Lipinski definition) is 6. The minimum Gasteiger partial charge on any atom is -0.490 e. The molecule has 0 heterocycles. The standard InChI is InChI=1S/C12H18N2O5S/c1-3-18-11-8-9(12(13)14-15)4-5-10(11)19-6-7-20(2,16)17/h4-5,8,15H,3,6-7H2,1-2H3,(H2,13,14). The Bertz CT molecular complexity index is 584. The van der Waals surface area contributed by atoms with Gasteiger partial charge in [0.25, 0.3) is 0 Å². The summed E-state index contributed by atoms with van der Waals surface area (Å²) < 4.78 is 32.9. The number of nitrogens with two attached hydrogens (primary N) is 1. The van der Waals surface area contributed by atoms with E-state index in [1.807, 2.05) is 0 Å². The summed E-state index contributed by atoms with van der Waals surface area (Å²) in [5.41, 5.74) is 5.97. The van der Waals surface area contributed by atoms with Gasteiger partial charge in [0, 0.05) is 11.8 Å². The highest BCUT2D eigenvalue weighted by molar-refractivity contribution is 7.90. The van der Waals surface area contributed by atoms with Crippen molar-refractivity contribution in [1.29, 1.82) is 0 Å². The molecule has 3 N–H and O–H groups in total. The van der Waals surface area contributed by atoms with Gasteiger partial charge in [-0.2, -0.15) is 0 Å². The van der Waals surface area contributed by atoms with Crippen molar-refractivity contribution < 1.29 is 23.1 Å². The van der Waals surface area contributed by atoms with E-state index in [0.29, 0.717) is 23.7 Å². The molecule has 0 aromatic heterocycles. The van der Waals surface area contributed by atoms with Crippen LogP contribution in [0.5, 0.6) is 11.5 Å². The van der Waals surface area contributed by atoms with Crippen LogP contribution in [0.25, 0.3) is 0 Å². The van der Waals surface area contributed by atoms with E-state index in [0.717, 1.165) is 6.26 Å². The van der Waals surface area contributed by atoms with E-state index in [1.165, 1.54) is 0 Å². The van der Waals surface area contributed by atoms with Crippen molar-refractivity contribution in [1.82, 2.24) is 0 Å². The van der Waals surface area contributed by atoms with Crippen LogP contribution in [0.1, 0.15) is 12.5 Å². The molecule has 0 saturated carbocycles. The summed E-state index contributed by atoms with van der Waals surface area (Å²) in [5, 5.41) is 11.5. The average Bonchev–Trinajstić information content (AvgIpc) is 2.38. The van der Waals surface area contributed by atoms with Gasteiger partial charge in [-0.1, -0.05) is 5.16 Å². The van der Waals surface area contributed by atoms with E-state index in [9.17, 15) is 8.42 Å². The van der Waals surface area contributed by atoms with Gasteiger partial charge in [-0.15, -0.1) is 0 Å². The summed E-state index contributed by atoms with van der Waals surface area (Å²) in [6, 6.07) is 4.74. The first kappa shape index (κ1) is 16.1. The summed E-state index contributed by atoms with van der Waals surface area (Å²) in [4.78, 5) is 0. The smallest absolute Gasteiger partial charge is 0.170 e. The monoisotopic (exact) mass is 302 g/mol. The van der Waals surface area contributed by atoms with Crippen molar-refractivity contribution in [3.05, 3.63) is 23.8 Å². The van der Waals surface area contributed by atoms with Gasteiger partial charge in [-0.3, -0.25) is 0 Å². The van der Waals surface area contributed by atoms with Gasteiger partial charge in [0.05, 0.1) is 12.4 Å². The zero-order valence-corrected chi connectivity index (χ0v) is 12.2. The summed E-state index contributed by atoms with van der Waals surface area (Å²) in [6.07, 6.45) is 1.14. The number of ether oxygens (including phenoxy) is 2. The van der Waals surface area contributed by atoms with Crippen molar-refractivity contribution in [3.8, 4) is 11.5 Å². The third-order valence-electron chi connectivity index (χ3n) is 2.36. The van der Waals surface area contributed by atoms with Gasteiger partial charge >= 0.3 is 0 Å². The Morgan fingerprint density at radius 3 is 2.60 bits per heavy atom. The maximum absolute atomic E-state index is 11.0. The predicted octanol–water partition coefficient (Wildman–Crippen LogP) is 0.603. The lowest BCUT2D eigenvalue weighted by Crippen LogP contribution is -2.14. The van der Waals surface area contributed by atoms with E-state index in [4.69, 9.17) is 20.4 Å². The zero-order chi connectivity index (χ0) is 15.2. The van der Waals surface area contributed by atoms with Crippen LogP contribution in [0, 0.1) is 0 Å². The van der Waals surface area contributed by atoms with E-state index < -0.39 is 9.84 Å². The molecule has 0 spiro atoms. The highest BCUT2D eigenvalue weighted by Gasteiger charge is 2.10. The molecule has 20 heavy (non-hydrogen) atoms. The Hall–Kier alpha value is -1.96. The second kappa shape index (κ2) is 6.99. The van der Waals surface area contributed by atoms with Gasteiger partial charge in [0.2, 0.25) is 0 Å². The lowest BCUT2D eigenvalue weighted by Gasteiger charge is -2.12. The summed E-state index contributed by atoms with van der Waals surface area (Å²) in [5.74, 6) is 0.685. The first-order valence-electron chi connectivity index (χ1n) is 5.92. The molecule has 0 bridgehead atoms. The van der Waals surface area contributed by atoms with Crippen molar-refractivity contribution in [3.63, 3.8) is 0 Å².